The molecule has 0 atom stereocenters. The van der Waals surface area contributed by atoms with Crippen LogP contribution in [0.4, 0.5) is 5.69 Å². The number of hydrogen-bond acceptors (Lipinski definition) is 6. The normalized spacial score (nSPS) is 11.2. The van der Waals surface area contributed by atoms with Crippen molar-refractivity contribution in [2.45, 2.75) is 49.9 Å². The Bertz CT molecular complexity index is 999. The van der Waals surface area contributed by atoms with Gasteiger partial charge in [0.15, 0.2) is 4.34 Å². The van der Waals surface area contributed by atoms with Gasteiger partial charge in [0.05, 0.1) is 10.2 Å². The Morgan fingerprint density at radius 3 is 2.89 bits per heavy atom. The van der Waals surface area contributed by atoms with Crippen molar-refractivity contribution in [2.75, 3.05) is 11.1 Å². The van der Waals surface area contributed by atoms with E-state index in [4.69, 9.17) is 0 Å². The molecule has 0 aliphatic rings. The van der Waals surface area contributed by atoms with Gasteiger partial charge in [0.25, 0.3) is 5.91 Å². The molecule has 0 spiro atoms. The summed E-state index contributed by atoms with van der Waals surface area (Å²) >= 11 is 3.36. The average Bonchev–Trinajstić information content (AvgIpc) is 3.34. The lowest BCUT2D eigenvalue weighted by molar-refractivity contribution is -0.123. The molecule has 0 aliphatic heterocycles. The first-order valence-electron chi connectivity index (χ1n) is 9.16. The second kappa shape index (κ2) is 9.22. The number of carbonyl (C=O) groups excluding carboxylic acids is 1. The number of benzene rings is 1. The lowest BCUT2D eigenvalue weighted by Gasteiger charge is -2.23. The van der Waals surface area contributed by atoms with Gasteiger partial charge in [0.1, 0.15) is 18.2 Å². The molecule has 0 bridgehead atoms. The number of carbonyl (C=O) groups is 1. The minimum absolute atomic E-state index is 0.151. The molecule has 28 heavy (non-hydrogen) atoms. The summed E-state index contributed by atoms with van der Waals surface area (Å²) in [6.07, 6.45) is 5.91. The zero-order valence-corrected chi connectivity index (χ0v) is 17.9. The van der Waals surface area contributed by atoms with Crippen LogP contribution in [0.2, 0.25) is 0 Å². The van der Waals surface area contributed by atoms with E-state index in [2.05, 4.69) is 39.1 Å². The van der Waals surface area contributed by atoms with Gasteiger partial charge in [-0.2, -0.15) is 5.10 Å². The molecule has 1 aromatic carbocycles. The number of anilines is 1. The van der Waals surface area contributed by atoms with E-state index in [0.29, 0.717) is 0 Å². The van der Waals surface area contributed by atoms with E-state index < -0.39 is 5.54 Å². The van der Waals surface area contributed by atoms with Crippen LogP contribution in [0.15, 0.2) is 35.2 Å². The van der Waals surface area contributed by atoms with Gasteiger partial charge in [-0.25, -0.2) is 14.6 Å². The van der Waals surface area contributed by atoms with Crippen molar-refractivity contribution in [2.24, 2.45) is 0 Å². The molecule has 1 N–H and O–H groups in total. The van der Waals surface area contributed by atoms with Gasteiger partial charge in [-0.1, -0.05) is 18.7 Å². The van der Waals surface area contributed by atoms with Crippen LogP contribution in [0.25, 0.3) is 10.2 Å². The number of amides is 1. The monoisotopic (exact) mass is 413 g/mol. The van der Waals surface area contributed by atoms with E-state index in [1.54, 1.807) is 48.0 Å². The van der Waals surface area contributed by atoms with E-state index in [-0.39, 0.29) is 5.91 Å². The molecular formula is C20H23N5OS2. The van der Waals surface area contributed by atoms with Crippen molar-refractivity contribution in [1.82, 2.24) is 19.7 Å². The van der Waals surface area contributed by atoms with Gasteiger partial charge in [-0.3, -0.25) is 4.79 Å². The molecule has 3 rings (SSSR count). The Kier molecular flexibility index (Phi) is 6.70. The largest absolute Gasteiger partial charge is 0.324 e. The molecule has 0 unspecified atom stereocenters. The molecule has 2 aromatic heterocycles. The molecule has 6 nitrogen and oxygen atoms in total. The number of unbranched alkanes of at least 4 members (excludes halogenated alkanes) is 1. The molecule has 3 aromatic rings. The highest BCUT2D eigenvalue weighted by atomic mass is 32.2. The number of thiazole rings is 1. The van der Waals surface area contributed by atoms with Gasteiger partial charge in [0.2, 0.25) is 0 Å². The molecule has 0 aliphatic carbocycles. The highest BCUT2D eigenvalue weighted by molar-refractivity contribution is 8.01. The number of thioether (sulfide) groups is 1. The van der Waals surface area contributed by atoms with Crippen LogP contribution >= 0.6 is 23.1 Å². The predicted molar refractivity (Wildman–Crippen MR) is 116 cm³/mol. The first-order chi connectivity index (χ1) is 13.5. The summed E-state index contributed by atoms with van der Waals surface area (Å²) in [4.78, 5) is 21.3. The Morgan fingerprint density at radius 1 is 1.32 bits per heavy atom. The highest BCUT2D eigenvalue weighted by Gasteiger charge is 2.30. The van der Waals surface area contributed by atoms with Gasteiger partial charge >= 0.3 is 0 Å². The number of hydrogen-bond donors (Lipinski definition) is 1. The third kappa shape index (κ3) is 4.91. The highest BCUT2D eigenvalue weighted by Crippen LogP contribution is 2.31. The van der Waals surface area contributed by atoms with Crippen molar-refractivity contribution in [3.05, 3.63) is 30.9 Å². The second-order valence-electron chi connectivity index (χ2n) is 6.72. The summed E-state index contributed by atoms with van der Waals surface area (Å²) in [7, 11) is 0. The summed E-state index contributed by atoms with van der Waals surface area (Å²) < 4.78 is 3.63. The fraction of sp³-hybridized carbons (Fsp3) is 0.400. The van der Waals surface area contributed by atoms with Crippen LogP contribution in [0.3, 0.4) is 0 Å². The van der Waals surface area contributed by atoms with Crippen molar-refractivity contribution >= 4 is 44.9 Å². The Balaban J connectivity index is 1.64. The Hall–Kier alpha value is -2.37. The summed E-state index contributed by atoms with van der Waals surface area (Å²) in [6.45, 7) is 5.75. The van der Waals surface area contributed by atoms with Crippen LogP contribution in [-0.4, -0.2) is 31.4 Å². The number of fused-ring (bicyclic) bond motifs is 1. The van der Waals surface area contributed by atoms with Crippen LogP contribution < -0.4 is 5.32 Å². The number of nitrogens with zero attached hydrogens (tertiary/aromatic N) is 4. The number of rotatable bonds is 7. The van der Waals surface area contributed by atoms with Crippen LogP contribution in [0.5, 0.6) is 0 Å². The van der Waals surface area contributed by atoms with Crippen LogP contribution in [-0.2, 0) is 10.3 Å². The fourth-order valence-electron chi connectivity index (χ4n) is 2.42. The minimum atomic E-state index is -0.834. The Labute approximate surface area is 173 Å². The Morgan fingerprint density at radius 2 is 2.14 bits per heavy atom. The van der Waals surface area contributed by atoms with Crippen molar-refractivity contribution in [3.8, 4) is 11.8 Å². The molecule has 0 saturated heterocycles. The zero-order chi connectivity index (χ0) is 20.0. The van der Waals surface area contributed by atoms with Gasteiger partial charge < -0.3 is 5.32 Å². The lowest BCUT2D eigenvalue weighted by atomic mass is 10.1. The van der Waals surface area contributed by atoms with E-state index in [1.807, 2.05) is 18.2 Å². The SMILES string of the molecule is CCCC#CCCSc1nc2ccc(NC(=O)C(C)(C)n3cncn3)cc2s1. The molecule has 0 radical (unpaired) electrons. The fourth-order valence-corrected chi connectivity index (χ4v) is 4.45. The molecule has 146 valence electrons. The third-order valence-corrected chi connectivity index (χ3v) is 6.29. The summed E-state index contributed by atoms with van der Waals surface area (Å²) in [5.41, 5.74) is 0.855. The van der Waals surface area contributed by atoms with Crippen molar-refractivity contribution in [1.29, 1.82) is 0 Å². The minimum Gasteiger partial charge on any atom is -0.324 e. The number of nitrogens with one attached hydrogen (secondary N) is 1. The molecule has 0 saturated carbocycles. The van der Waals surface area contributed by atoms with E-state index in [0.717, 1.165) is 45.3 Å². The number of aromatic nitrogens is 4. The van der Waals surface area contributed by atoms with E-state index in [1.165, 1.54) is 6.33 Å². The van der Waals surface area contributed by atoms with Gasteiger partial charge in [0, 0.05) is 24.3 Å². The van der Waals surface area contributed by atoms with E-state index in [9.17, 15) is 4.79 Å². The first kappa shape index (κ1) is 20.4. The van der Waals surface area contributed by atoms with Gasteiger partial charge in [-0.15, -0.1) is 23.2 Å². The third-order valence-electron chi connectivity index (χ3n) is 4.13. The van der Waals surface area contributed by atoms with Crippen LogP contribution in [0, 0.1) is 11.8 Å². The first-order valence-corrected chi connectivity index (χ1v) is 11.0. The average molecular weight is 414 g/mol. The predicted octanol–water partition coefficient (Wildman–Crippen LogP) is 4.55. The van der Waals surface area contributed by atoms with Crippen molar-refractivity contribution in [3.63, 3.8) is 0 Å². The molecular weight excluding hydrogens is 390 g/mol. The maximum Gasteiger partial charge on any atom is 0.251 e. The topological polar surface area (TPSA) is 72.7 Å². The van der Waals surface area contributed by atoms with Crippen molar-refractivity contribution < 1.29 is 4.79 Å². The van der Waals surface area contributed by atoms with Gasteiger partial charge in [-0.05, 0) is 38.5 Å². The molecule has 2 heterocycles. The molecule has 0 fully saturated rings. The van der Waals surface area contributed by atoms with Crippen LogP contribution in [0.1, 0.15) is 40.0 Å². The quantitative estimate of drug-likeness (QED) is 0.349. The maximum absolute atomic E-state index is 12.7. The zero-order valence-electron chi connectivity index (χ0n) is 16.2. The second-order valence-corrected chi connectivity index (χ2v) is 9.09. The standard InChI is InChI=1S/C20H23N5OS2/c1-4-5-6-7-8-11-27-19-24-16-10-9-15(12-17(16)28-19)23-18(26)20(2,3)25-14-21-13-22-25/h9-10,12-14H,4-5,8,11H2,1-3H3,(H,23,26). The maximum atomic E-state index is 12.7. The molecule has 8 heteroatoms. The lowest BCUT2D eigenvalue weighted by Crippen LogP contribution is -2.40. The molecule has 1 amide bonds. The smallest absolute Gasteiger partial charge is 0.251 e. The summed E-state index contributed by atoms with van der Waals surface area (Å²) in [5, 5.41) is 7.05. The van der Waals surface area contributed by atoms with E-state index >= 15 is 0 Å². The summed E-state index contributed by atoms with van der Waals surface area (Å²) in [5.74, 6) is 7.14. The summed E-state index contributed by atoms with van der Waals surface area (Å²) in [6, 6.07) is 5.78.